The molecule has 2 rings (SSSR count). The van der Waals surface area contributed by atoms with Gasteiger partial charge < -0.3 is 5.11 Å². The summed E-state index contributed by atoms with van der Waals surface area (Å²) in [6.45, 7) is 3.46. The maximum Gasteiger partial charge on any atom is 0.294 e. The summed E-state index contributed by atoms with van der Waals surface area (Å²) in [5, 5.41) is 25.6. The van der Waals surface area contributed by atoms with Crippen LogP contribution in [0.2, 0.25) is 0 Å². The molecule has 0 radical (unpaired) electrons. The van der Waals surface area contributed by atoms with E-state index in [1.54, 1.807) is 18.7 Å². The molecule has 2 aromatic heterocycles. The number of hydrogen-bond acceptors (Lipinski definition) is 6. The van der Waals surface area contributed by atoms with Crippen molar-refractivity contribution < 1.29 is 10.0 Å². The maximum absolute atomic E-state index is 11.0. The Balaban J connectivity index is 2.38. The fraction of sp³-hybridized carbons (Fsp3) is 0.364. The van der Waals surface area contributed by atoms with Gasteiger partial charge in [0.1, 0.15) is 4.21 Å². The van der Waals surface area contributed by atoms with Crippen molar-refractivity contribution in [3.05, 3.63) is 32.8 Å². The molecule has 0 aliphatic carbocycles. The molecule has 0 bridgehead atoms. The topological polar surface area (TPSA) is 81.2 Å². The number of nitro groups is 1. The summed E-state index contributed by atoms with van der Waals surface area (Å²) in [6, 6.07) is 3.30. The van der Waals surface area contributed by atoms with Gasteiger partial charge in [-0.05, 0) is 19.9 Å². The molecule has 0 amide bonds. The summed E-state index contributed by atoms with van der Waals surface area (Å²) in [4.78, 5) is 11.2. The van der Waals surface area contributed by atoms with Gasteiger partial charge in [-0.1, -0.05) is 11.8 Å². The Kier molecular flexibility index (Phi) is 3.93. The molecule has 0 fully saturated rings. The Labute approximate surface area is 118 Å². The Morgan fingerprint density at radius 1 is 1.58 bits per heavy atom. The zero-order chi connectivity index (χ0) is 14.2. The summed E-state index contributed by atoms with van der Waals surface area (Å²) in [5.41, 5.74) is 0.893. The molecule has 19 heavy (non-hydrogen) atoms. The van der Waals surface area contributed by atoms with Gasteiger partial charge >= 0.3 is 0 Å². The lowest BCUT2D eigenvalue weighted by Crippen LogP contribution is -1.92. The normalized spacial score (nSPS) is 12.6. The smallest absolute Gasteiger partial charge is 0.294 e. The van der Waals surface area contributed by atoms with Crippen molar-refractivity contribution >= 4 is 28.8 Å². The first-order chi connectivity index (χ1) is 8.88. The van der Waals surface area contributed by atoms with Gasteiger partial charge in [0.05, 0.1) is 21.7 Å². The quantitative estimate of drug-likeness (QED) is 0.693. The van der Waals surface area contributed by atoms with Gasteiger partial charge in [0.25, 0.3) is 5.69 Å². The van der Waals surface area contributed by atoms with Gasteiger partial charge in [-0.15, -0.1) is 11.3 Å². The molecule has 0 spiro atoms. The third-order valence-electron chi connectivity index (χ3n) is 2.46. The number of aryl methyl sites for hydroxylation is 2. The predicted molar refractivity (Wildman–Crippen MR) is 73.7 cm³/mol. The van der Waals surface area contributed by atoms with Crippen molar-refractivity contribution in [3.8, 4) is 0 Å². The lowest BCUT2D eigenvalue weighted by Gasteiger charge is -1.99. The van der Waals surface area contributed by atoms with Gasteiger partial charge in [0.2, 0.25) is 0 Å². The minimum Gasteiger partial charge on any atom is -0.388 e. The molecular weight excluding hydrogens is 286 g/mol. The summed E-state index contributed by atoms with van der Waals surface area (Å²) in [6.07, 6.45) is -0.702. The largest absolute Gasteiger partial charge is 0.388 e. The van der Waals surface area contributed by atoms with E-state index in [-0.39, 0.29) is 5.69 Å². The highest BCUT2D eigenvalue weighted by molar-refractivity contribution is 8.01. The van der Waals surface area contributed by atoms with E-state index >= 15 is 0 Å². The van der Waals surface area contributed by atoms with Crippen LogP contribution in [-0.2, 0) is 7.05 Å². The van der Waals surface area contributed by atoms with Gasteiger partial charge in [0, 0.05) is 18.0 Å². The monoisotopic (exact) mass is 299 g/mol. The van der Waals surface area contributed by atoms with Gasteiger partial charge in [-0.25, -0.2) is 0 Å². The molecule has 102 valence electrons. The Morgan fingerprint density at radius 2 is 2.26 bits per heavy atom. The van der Waals surface area contributed by atoms with Crippen LogP contribution >= 0.6 is 23.1 Å². The van der Waals surface area contributed by atoms with E-state index in [2.05, 4.69) is 5.10 Å². The van der Waals surface area contributed by atoms with Crippen molar-refractivity contribution in [2.45, 2.75) is 29.2 Å². The van der Waals surface area contributed by atoms with Crippen molar-refractivity contribution in [1.82, 2.24) is 9.78 Å². The standard InChI is InChI=1S/C11H13N3O3S2/c1-6-4-10(13(3)12-6)19-11-8(14(16)17)5-9(18-11)7(2)15/h4-5,7,15H,1-3H3. The molecule has 6 nitrogen and oxygen atoms in total. The highest BCUT2D eigenvalue weighted by atomic mass is 32.2. The van der Waals surface area contributed by atoms with Gasteiger partial charge in [-0.3, -0.25) is 14.8 Å². The van der Waals surface area contributed by atoms with Gasteiger partial charge in [-0.2, -0.15) is 5.10 Å². The summed E-state index contributed by atoms with van der Waals surface area (Å²) in [7, 11) is 1.80. The van der Waals surface area contributed by atoms with Crippen molar-refractivity contribution in [2.75, 3.05) is 0 Å². The molecule has 0 saturated carbocycles. The summed E-state index contributed by atoms with van der Waals surface area (Å²) < 4.78 is 2.25. The summed E-state index contributed by atoms with van der Waals surface area (Å²) >= 11 is 2.53. The second kappa shape index (κ2) is 5.32. The summed E-state index contributed by atoms with van der Waals surface area (Å²) in [5.74, 6) is 0. The lowest BCUT2D eigenvalue weighted by molar-refractivity contribution is -0.387. The van der Waals surface area contributed by atoms with E-state index in [0.29, 0.717) is 9.09 Å². The Morgan fingerprint density at radius 3 is 2.74 bits per heavy atom. The van der Waals surface area contributed by atoms with E-state index in [0.717, 1.165) is 10.7 Å². The van der Waals surface area contributed by atoms with Crippen LogP contribution in [0.25, 0.3) is 0 Å². The fourth-order valence-electron chi connectivity index (χ4n) is 1.57. The molecule has 2 aromatic rings. The van der Waals surface area contributed by atoms with Crippen LogP contribution in [0.5, 0.6) is 0 Å². The van der Waals surface area contributed by atoms with Crippen LogP contribution in [0.1, 0.15) is 23.6 Å². The maximum atomic E-state index is 11.0. The number of rotatable bonds is 4. The Hall–Kier alpha value is -1.38. The highest BCUT2D eigenvalue weighted by Gasteiger charge is 2.22. The molecule has 1 N–H and O–H groups in total. The van der Waals surface area contributed by atoms with Crippen LogP contribution in [-0.4, -0.2) is 19.8 Å². The average molecular weight is 299 g/mol. The Bertz CT molecular complexity index is 619. The van der Waals surface area contributed by atoms with E-state index in [1.165, 1.54) is 29.2 Å². The second-order valence-corrected chi connectivity index (χ2v) is 6.48. The van der Waals surface area contributed by atoms with E-state index < -0.39 is 11.0 Å². The van der Waals surface area contributed by atoms with Crippen molar-refractivity contribution in [1.29, 1.82) is 0 Å². The minimum atomic E-state index is -0.702. The average Bonchev–Trinajstić information content (AvgIpc) is 2.84. The first-order valence-corrected chi connectivity index (χ1v) is 7.16. The number of aliphatic hydroxyl groups is 1. The molecule has 8 heteroatoms. The van der Waals surface area contributed by atoms with Crippen LogP contribution in [0.3, 0.4) is 0 Å². The SMILES string of the molecule is Cc1cc(Sc2sc(C(C)O)cc2[N+](=O)[O-])n(C)n1. The van der Waals surface area contributed by atoms with Crippen molar-refractivity contribution in [3.63, 3.8) is 0 Å². The van der Waals surface area contributed by atoms with Crippen LogP contribution in [0.15, 0.2) is 21.4 Å². The number of nitrogens with zero attached hydrogens (tertiary/aromatic N) is 3. The van der Waals surface area contributed by atoms with E-state index in [4.69, 9.17) is 0 Å². The molecule has 0 aliphatic rings. The molecular formula is C11H13N3O3S2. The number of aromatic nitrogens is 2. The van der Waals surface area contributed by atoms with E-state index in [9.17, 15) is 15.2 Å². The molecule has 1 unspecified atom stereocenters. The molecule has 0 aromatic carbocycles. The number of thiophene rings is 1. The second-order valence-electron chi connectivity index (χ2n) is 4.10. The third-order valence-corrected chi connectivity index (χ3v) is 5.04. The van der Waals surface area contributed by atoms with Crippen molar-refractivity contribution in [2.24, 2.45) is 7.05 Å². The minimum absolute atomic E-state index is 0.0322. The fourth-order valence-corrected chi connectivity index (χ4v) is 3.90. The van der Waals surface area contributed by atoms with Crippen LogP contribution in [0, 0.1) is 17.0 Å². The zero-order valence-electron chi connectivity index (χ0n) is 10.7. The molecule has 2 heterocycles. The first kappa shape index (κ1) is 14.0. The highest BCUT2D eigenvalue weighted by Crippen LogP contribution is 2.42. The lowest BCUT2D eigenvalue weighted by atomic mass is 10.3. The van der Waals surface area contributed by atoms with Crippen LogP contribution < -0.4 is 0 Å². The number of hydrogen-bond donors (Lipinski definition) is 1. The first-order valence-electron chi connectivity index (χ1n) is 5.53. The number of aliphatic hydroxyl groups excluding tert-OH is 1. The molecule has 0 aliphatic heterocycles. The third kappa shape index (κ3) is 2.96. The zero-order valence-corrected chi connectivity index (χ0v) is 12.3. The predicted octanol–water partition coefficient (Wildman–Crippen LogP) is 2.90. The molecule has 0 saturated heterocycles. The molecule has 1 atom stereocenters. The van der Waals surface area contributed by atoms with Gasteiger partial charge in [0.15, 0.2) is 0 Å². The van der Waals surface area contributed by atoms with E-state index in [1.807, 2.05) is 13.0 Å². The van der Waals surface area contributed by atoms with Crippen LogP contribution in [0.4, 0.5) is 5.69 Å².